The van der Waals surface area contributed by atoms with Gasteiger partial charge in [0, 0.05) is 5.41 Å². The Morgan fingerprint density at radius 1 is 0.533 bits per heavy atom. The van der Waals surface area contributed by atoms with Gasteiger partial charge in [0.25, 0.3) is 0 Å². The standard InChI is InChI=1S/C45H30/c1-2-11-31-25-33(20-19-29(31)9-1)43-39-16-5-6-17-40(39)44(34-23-24-45-28-36(45)14-8-13-35(45)26-34)42-27-32(21-22-41(42)43)38-18-7-12-30-10-3-4-15-37(30)38/h1-27,36H,28H2. The molecule has 0 nitrogen and oxygen atoms in total. The molecule has 210 valence electrons. The smallest absolute Gasteiger partial charge is 0.0205 e. The molecule has 0 amide bonds. The minimum atomic E-state index is 0.211. The summed E-state index contributed by atoms with van der Waals surface area (Å²) in [7, 11) is 0. The van der Waals surface area contributed by atoms with Crippen LogP contribution in [0, 0.1) is 11.3 Å². The van der Waals surface area contributed by atoms with Crippen LogP contribution in [0.15, 0.2) is 169 Å². The predicted molar refractivity (Wildman–Crippen MR) is 192 cm³/mol. The molecule has 0 bridgehead atoms. The average Bonchev–Trinajstić information content (AvgIpc) is 3.83. The van der Waals surface area contributed by atoms with Crippen molar-refractivity contribution >= 4 is 48.7 Å². The monoisotopic (exact) mass is 570 g/mol. The van der Waals surface area contributed by atoms with Crippen LogP contribution in [0.5, 0.6) is 0 Å². The maximum absolute atomic E-state index is 2.49. The van der Waals surface area contributed by atoms with Gasteiger partial charge in [-0.2, -0.15) is 0 Å². The summed E-state index contributed by atoms with van der Waals surface area (Å²) in [6, 6.07) is 47.2. The number of hydrogen-bond acceptors (Lipinski definition) is 0. The molecule has 3 aliphatic rings. The van der Waals surface area contributed by atoms with Crippen LogP contribution < -0.4 is 0 Å². The lowest BCUT2D eigenvalue weighted by Crippen LogP contribution is -2.09. The van der Waals surface area contributed by atoms with Crippen molar-refractivity contribution in [3.63, 3.8) is 0 Å². The first-order valence-electron chi connectivity index (χ1n) is 16.0. The topological polar surface area (TPSA) is 0 Å². The lowest BCUT2D eigenvalue weighted by molar-refractivity contribution is 0.740. The van der Waals surface area contributed by atoms with Gasteiger partial charge in [0.05, 0.1) is 0 Å². The van der Waals surface area contributed by atoms with Gasteiger partial charge in [0.15, 0.2) is 0 Å². The van der Waals surface area contributed by atoms with Gasteiger partial charge >= 0.3 is 0 Å². The van der Waals surface area contributed by atoms with Crippen molar-refractivity contribution in [2.45, 2.75) is 6.42 Å². The number of fused-ring (bicyclic) bond motifs is 4. The van der Waals surface area contributed by atoms with E-state index in [1.54, 1.807) is 0 Å². The van der Waals surface area contributed by atoms with Gasteiger partial charge in [-0.05, 0) is 107 Å². The molecule has 0 saturated heterocycles. The molecule has 1 saturated carbocycles. The lowest BCUT2D eigenvalue weighted by Gasteiger charge is -2.24. The quantitative estimate of drug-likeness (QED) is 0.185. The second-order valence-corrected chi connectivity index (χ2v) is 12.9. The second-order valence-electron chi connectivity index (χ2n) is 12.9. The summed E-state index contributed by atoms with van der Waals surface area (Å²) < 4.78 is 0. The van der Waals surface area contributed by atoms with Crippen molar-refractivity contribution in [1.82, 2.24) is 0 Å². The first-order valence-corrected chi connectivity index (χ1v) is 16.0. The fourth-order valence-electron chi connectivity index (χ4n) is 8.20. The Kier molecular flexibility index (Phi) is 5.14. The Morgan fingerprint density at radius 2 is 1.24 bits per heavy atom. The lowest BCUT2D eigenvalue weighted by atomic mass is 9.79. The van der Waals surface area contributed by atoms with E-state index in [9.17, 15) is 0 Å². The molecule has 7 aromatic carbocycles. The molecule has 10 rings (SSSR count). The van der Waals surface area contributed by atoms with Crippen molar-refractivity contribution in [3.8, 4) is 22.3 Å². The maximum Gasteiger partial charge on any atom is 0.0205 e. The zero-order valence-electron chi connectivity index (χ0n) is 24.9. The Morgan fingerprint density at radius 3 is 2.13 bits per heavy atom. The molecule has 0 aromatic heterocycles. The summed E-state index contributed by atoms with van der Waals surface area (Å²) in [6.07, 6.45) is 15.6. The minimum absolute atomic E-state index is 0.211. The molecule has 3 aliphatic carbocycles. The van der Waals surface area contributed by atoms with E-state index in [4.69, 9.17) is 0 Å². The summed E-state index contributed by atoms with van der Waals surface area (Å²) in [5, 5.41) is 10.3. The molecule has 0 heterocycles. The Labute approximate surface area is 263 Å². The Hall–Kier alpha value is -5.46. The largest absolute Gasteiger partial charge is 0.0802 e. The van der Waals surface area contributed by atoms with Gasteiger partial charge in [-0.1, -0.05) is 152 Å². The van der Waals surface area contributed by atoms with Crippen LogP contribution >= 0.6 is 0 Å². The van der Waals surface area contributed by atoms with E-state index >= 15 is 0 Å². The third-order valence-electron chi connectivity index (χ3n) is 10.5. The van der Waals surface area contributed by atoms with E-state index in [0.717, 1.165) is 0 Å². The highest BCUT2D eigenvalue weighted by molar-refractivity contribution is 6.21. The van der Waals surface area contributed by atoms with Gasteiger partial charge in [0.2, 0.25) is 0 Å². The first kappa shape index (κ1) is 24.9. The minimum Gasteiger partial charge on any atom is -0.0802 e. The van der Waals surface area contributed by atoms with E-state index in [1.165, 1.54) is 88.5 Å². The Balaban J connectivity index is 1.31. The number of rotatable bonds is 3. The normalized spacial score (nSPS) is 19.9. The maximum atomic E-state index is 2.49. The van der Waals surface area contributed by atoms with Crippen molar-refractivity contribution in [1.29, 1.82) is 0 Å². The summed E-state index contributed by atoms with van der Waals surface area (Å²) in [6.45, 7) is 0. The molecule has 2 unspecified atom stereocenters. The van der Waals surface area contributed by atoms with Crippen molar-refractivity contribution in [2.75, 3.05) is 0 Å². The first-order chi connectivity index (χ1) is 22.3. The fraction of sp³-hybridized carbons (Fsp3) is 0.0667. The Bertz CT molecular complexity index is 2510. The van der Waals surface area contributed by atoms with Crippen LogP contribution in [-0.4, -0.2) is 0 Å². The van der Waals surface area contributed by atoms with Crippen LogP contribution in [0.3, 0.4) is 0 Å². The molecule has 0 N–H and O–H groups in total. The molecule has 1 spiro atoms. The van der Waals surface area contributed by atoms with Crippen molar-refractivity contribution < 1.29 is 0 Å². The van der Waals surface area contributed by atoms with Gasteiger partial charge in [-0.15, -0.1) is 0 Å². The summed E-state index contributed by atoms with van der Waals surface area (Å²) in [5.41, 5.74) is 9.37. The molecule has 0 heteroatoms. The van der Waals surface area contributed by atoms with E-state index in [-0.39, 0.29) is 5.41 Å². The van der Waals surface area contributed by atoms with Gasteiger partial charge in [-0.3, -0.25) is 0 Å². The third-order valence-corrected chi connectivity index (χ3v) is 10.5. The van der Waals surface area contributed by atoms with E-state index in [1.807, 2.05) is 0 Å². The van der Waals surface area contributed by atoms with Crippen molar-refractivity contribution in [3.05, 3.63) is 175 Å². The molecular formula is C45H30. The highest BCUT2D eigenvalue weighted by atomic mass is 14.6. The van der Waals surface area contributed by atoms with Gasteiger partial charge in [-0.25, -0.2) is 0 Å². The highest BCUT2D eigenvalue weighted by Gasteiger charge is 2.54. The van der Waals surface area contributed by atoms with Gasteiger partial charge < -0.3 is 0 Å². The van der Waals surface area contributed by atoms with Gasteiger partial charge in [0.1, 0.15) is 0 Å². The molecule has 45 heavy (non-hydrogen) atoms. The van der Waals surface area contributed by atoms with Crippen LogP contribution in [-0.2, 0) is 0 Å². The third kappa shape index (κ3) is 3.66. The second kappa shape index (κ2) is 9.27. The molecular weight excluding hydrogens is 540 g/mol. The van der Waals surface area contributed by atoms with E-state index in [2.05, 4.69) is 164 Å². The summed E-state index contributed by atoms with van der Waals surface area (Å²) in [4.78, 5) is 0. The average molecular weight is 571 g/mol. The molecule has 1 fully saturated rings. The molecule has 7 aromatic rings. The molecule has 2 atom stereocenters. The van der Waals surface area contributed by atoms with Crippen molar-refractivity contribution in [2.24, 2.45) is 11.3 Å². The number of hydrogen-bond donors (Lipinski definition) is 0. The van der Waals surface area contributed by atoms with Crippen LogP contribution in [0.1, 0.15) is 12.0 Å². The zero-order valence-corrected chi connectivity index (χ0v) is 24.9. The highest BCUT2D eigenvalue weighted by Crippen LogP contribution is 2.63. The molecule has 0 aliphatic heterocycles. The summed E-state index contributed by atoms with van der Waals surface area (Å²) in [5.74, 6) is 0.647. The predicted octanol–water partition coefficient (Wildman–Crippen LogP) is 12.1. The SMILES string of the molecule is C1=CC2CC23C=CC(c2c4ccccc4c(-c4ccc5ccccc5c4)c4ccc(-c5cccc6ccccc56)cc24)=CC3=C1. The van der Waals surface area contributed by atoms with Crippen LogP contribution in [0.2, 0.25) is 0 Å². The van der Waals surface area contributed by atoms with E-state index < -0.39 is 0 Å². The number of allylic oxidation sites excluding steroid dienone is 8. The fourth-order valence-corrected chi connectivity index (χ4v) is 8.20. The zero-order chi connectivity index (χ0) is 29.5. The van der Waals surface area contributed by atoms with Crippen LogP contribution in [0.4, 0.5) is 0 Å². The molecule has 0 radical (unpaired) electrons. The van der Waals surface area contributed by atoms with Crippen LogP contribution in [0.25, 0.3) is 70.9 Å². The summed E-state index contributed by atoms with van der Waals surface area (Å²) >= 11 is 0. The van der Waals surface area contributed by atoms with E-state index in [0.29, 0.717) is 5.92 Å². The number of benzene rings is 7.